The molecule has 0 aliphatic carbocycles. The number of fused-ring (bicyclic) bond motifs is 1. The van der Waals surface area contributed by atoms with Gasteiger partial charge in [0, 0.05) is 55.1 Å². The molecule has 1 saturated heterocycles. The van der Waals surface area contributed by atoms with E-state index in [4.69, 9.17) is 9.73 Å². The van der Waals surface area contributed by atoms with Gasteiger partial charge in [-0.2, -0.15) is 0 Å². The lowest BCUT2D eigenvalue weighted by molar-refractivity contribution is -0.384. The number of piperazine rings is 1. The summed E-state index contributed by atoms with van der Waals surface area (Å²) in [5.41, 5.74) is 2.46. The van der Waals surface area contributed by atoms with Crippen molar-refractivity contribution >= 4 is 40.5 Å². The number of carbonyl (C=O) groups is 1. The molecule has 4 aromatic rings. The quantitative estimate of drug-likeness (QED) is 0.175. The van der Waals surface area contributed by atoms with Crippen molar-refractivity contribution in [2.45, 2.75) is 13.0 Å². The number of nitrogens with zero attached hydrogens (tertiary/aromatic N) is 5. The smallest absolute Gasteiger partial charge is 0.338 e. The lowest BCUT2D eigenvalue weighted by atomic mass is 9.93. The van der Waals surface area contributed by atoms with Crippen LogP contribution in [0.3, 0.4) is 0 Å². The largest absolute Gasteiger partial charge is 0.463 e. The molecule has 0 bridgehead atoms. The number of thiazole rings is 1. The zero-order chi connectivity index (χ0) is 31.7. The molecule has 0 N–H and O–H groups in total. The maximum absolute atomic E-state index is 14.3. The number of hydrogen-bond donors (Lipinski definition) is 0. The Bertz CT molecular complexity index is 1980. The number of carbonyl (C=O) groups excluding carboxylic acids is 1. The summed E-state index contributed by atoms with van der Waals surface area (Å²) in [5.74, 6) is -1.10. The van der Waals surface area contributed by atoms with Crippen LogP contribution in [0.15, 0.2) is 88.2 Å². The topological polar surface area (TPSA) is 110 Å². The number of halogens is 1. The zero-order valence-corrected chi connectivity index (χ0v) is 25.5. The summed E-state index contributed by atoms with van der Waals surface area (Å²) < 4.78 is 21.2. The minimum Gasteiger partial charge on any atom is -0.463 e. The highest BCUT2D eigenvalue weighted by Gasteiger charge is 2.35. The molecule has 0 spiro atoms. The van der Waals surface area contributed by atoms with Gasteiger partial charge in [0.2, 0.25) is 0 Å². The van der Waals surface area contributed by atoms with Gasteiger partial charge in [0.1, 0.15) is 5.82 Å². The fourth-order valence-corrected chi connectivity index (χ4v) is 6.64. The molecular weight excluding hydrogens is 597 g/mol. The maximum Gasteiger partial charge on any atom is 0.338 e. The number of ether oxygens (including phenoxy) is 1. The molecule has 0 saturated carbocycles. The van der Waals surface area contributed by atoms with E-state index in [-0.39, 0.29) is 22.4 Å². The first-order valence-electron chi connectivity index (χ1n) is 14.5. The molecule has 2 aliphatic rings. The van der Waals surface area contributed by atoms with Crippen LogP contribution in [0.4, 0.5) is 15.8 Å². The van der Waals surface area contributed by atoms with Crippen LogP contribution < -0.4 is 19.8 Å². The van der Waals surface area contributed by atoms with Gasteiger partial charge < -0.3 is 14.5 Å². The van der Waals surface area contributed by atoms with E-state index in [0.717, 1.165) is 43.2 Å². The van der Waals surface area contributed by atoms with E-state index in [2.05, 4.69) is 9.80 Å². The Labute approximate surface area is 261 Å². The van der Waals surface area contributed by atoms with Crippen molar-refractivity contribution in [1.29, 1.82) is 0 Å². The van der Waals surface area contributed by atoms with Crippen LogP contribution >= 0.6 is 11.3 Å². The number of nitro groups is 1. The first-order valence-corrected chi connectivity index (χ1v) is 15.3. The predicted molar refractivity (Wildman–Crippen MR) is 170 cm³/mol. The molecular formula is C33H30FN5O5S. The Hall–Kier alpha value is -4.94. The van der Waals surface area contributed by atoms with Gasteiger partial charge in [-0.3, -0.25) is 19.5 Å². The van der Waals surface area contributed by atoms with Gasteiger partial charge in [-0.25, -0.2) is 14.2 Å². The summed E-state index contributed by atoms with van der Waals surface area (Å²) in [6.07, 6.45) is 1.66. The normalized spacial score (nSPS) is 17.2. The molecule has 45 heavy (non-hydrogen) atoms. The molecule has 1 fully saturated rings. The summed E-state index contributed by atoms with van der Waals surface area (Å²) in [4.78, 5) is 48.6. The number of aromatic nitrogens is 1. The van der Waals surface area contributed by atoms with E-state index >= 15 is 0 Å². The van der Waals surface area contributed by atoms with Crippen molar-refractivity contribution < 1.29 is 18.8 Å². The SMILES string of the molecule is CCOC(=O)C1=C(c2ccccc2)N=c2sc(=Cc3cc([N+](=O)[O-])ccc3N3CCN(C)CC3)c(=O)n2[C@H]1c1ccc(F)cc1. The minimum absolute atomic E-state index is 0.0907. The van der Waals surface area contributed by atoms with Gasteiger partial charge >= 0.3 is 5.97 Å². The Morgan fingerprint density at radius 2 is 1.80 bits per heavy atom. The van der Waals surface area contributed by atoms with Gasteiger partial charge in [-0.1, -0.05) is 53.8 Å². The highest BCUT2D eigenvalue weighted by molar-refractivity contribution is 7.07. The van der Waals surface area contributed by atoms with E-state index in [9.17, 15) is 24.1 Å². The van der Waals surface area contributed by atoms with Crippen molar-refractivity contribution in [3.8, 4) is 0 Å². The number of rotatable bonds is 7. The summed E-state index contributed by atoms with van der Waals surface area (Å²) in [5, 5.41) is 11.7. The van der Waals surface area contributed by atoms with Crippen LogP contribution in [0, 0.1) is 15.9 Å². The average molecular weight is 628 g/mol. The van der Waals surface area contributed by atoms with Crippen molar-refractivity contribution in [3.05, 3.63) is 131 Å². The number of hydrogen-bond acceptors (Lipinski definition) is 9. The van der Waals surface area contributed by atoms with E-state index in [1.807, 2.05) is 37.4 Å². The Kier molecular flexibility index (Phi) is 8.42. The fourth-order valence-electron chi connectivity index (χ4n) is 5.65. The second-order valence-electron chi connectivity index (χ2n) is 10.8. The third kappa shape index (κ3) is 5.94. The van der Waals surface area contributed by atoms with Gasteiger partial charge in [-0.15, -0.1) is 0 Å². The number of benzene rings is 3. The maximum atomic E-state index is 14.3. The van der Waals surface area contributed by atoms with Crippen LogP contribution in [0.5, 0.6) is 0 Å². The second-order valence-corrected chi connectivity index (χ2v) is 11.8. The predicted octanol–water partition coefficient (Wildman–Crippen LogP) is 3.73. The van der Waals surface area contributed by atoms with Crippen LogP contribution in [-0.2, 0) is 9.53 Å². The van der Waals surface area contributed by atoms with Crippen molar-refractivity contribution in [1.82, 2.24) is 9.47 Å². The number of nitro benzene ring substituents is 1. The lowest BCUT2D eigenvalue weighted by Crippen LogP contribution is -2.44. The summed E-state index contributed by atoms with van der Waals surface area (Å²) >= 11 is 1.13. The molecule has 1 aromatic heterocycles. The first kappa shape index (κ1) is 30.1. The molecule has 0 amide bonds. The Morgan fingerprint density at radius 3 is 2.47 bits per heavy atom. The molecule has 0 radical (unpaired) electrons. The van der Waals surface area contributed by atoms with Crippen LogP contribution in [0.2, 0.25) is 0 Å². The van der Waals surface area contributed by atoms with Crippen LogP contribution in [0.1, 0.15) is 29.7 Å². The van der Waals surface area contributed by atoms with Crippen LogP contribution in [-0.4, -0.2) is 60.2 Å². The number of non-ortho nitro benzene ring substituents is 1. The van der Waals surface area contributed by atoms with Gasteiger partial charge in [0.25, 0.3) is 11.2 Å². The molecule has 3 aromatic carbocycles. The first-order chi connectivity index (χ1) is 21.7. The minimum atomic E-state index is -0.958. The third-order valence-corrected chi connectivity index (χ3v) is 8.89. The second kappa shape index (κ2) is 12.6. The van der Waals surface area contributed by atoms with Gasteiger partial charge in [0.15, 0.2) is 4.80 Å². The highest BCUT2D eigenvalue weighted by atomic mass is 32.1. The number of anilines is 1. The van der Waals surface area contributed by atoms with E-state index in [0.29, 0.717) is 27.2 Å². The molecule has 6 rings (SSSR count). The van der Waals surface area contributed by atoms with Gasteiger partial charge in [-0.05, 0) is 43.8 Å². The van der Waals surface area contributed by atoms with Crippen molar-refractivity contribution in [2.75, 3.05) is 44.7 Å². The molecule has 3 heterocycles. The van der Waals surface area contributed by atoms with Crippen molar-refractivity contribution in [3.63, 3.8) is 0 Å². The third-order valence-electron chi connectivity index (χ3n) is 7.91. The molecule has 230 valence electrons. The van der Waals surface area contributed by atoms with E-state index < -0.39 is 28.3 Å². The monoisotopic (exact) mass is 627 g/mol. The van der Waals surface area contributed by atoms with E-state index in [1.54, 1.807) is 19.1 Å². The molecule has 1 atom stereocenters. The van der Waals surface area contributed by atoms with Crippen molar-refractivity contribution in [2.24, 2.45) is 4.99 Å². The molecule has 2 aliphatic heterocycles. The van der Waals surface area contributed by atoms with Gasteiger partial charge in [0.05, 0.1) is 33.4 Å². The fraction of sp³-hybridized carbons (Fsp3) is 0.242. The van der Waals surface area contributed by atoms with Crippen LogP contribution in [0.25, 0.3) is 11.8 Å². The summed E-state index contributed by atoms with van der Waals surface area (Å²) in [7, 11) is 2.04. The molecule has 0 unspecified atom stereocenters. The number of likely N-dealkylation sites (N-methyl/N-ethyl adjacent to an activating group) is 1. The highest BCUT2D eigenvalue weighted by Crippen LogP contribution is 2.35. The molecule has 12 heteroatoms. The van der Waals surface area contributed by atoms with E-state index in [1.165, 1.54) is 41.0 Å². The molecule has 10 nitrogen and oxygen atoms in total. The summed E-state index contributed by atoms with van der Waals surface area (Å²) in [6, 6.07) is 18.5. The Morgan fingerprint density at radius 1 is 1.09 bits per heavy atom. The zero-order valence-electron chi connectivity index (χ0n) is 24.7. The standard InChI is InChI=1S/C33H30FN5O5S/c1-3-44-32(41)28-29(21-7-5-4-6-8-21)35-33-38(30(28)22-9-11-24(34)12-10-22)31(40)27(45-33)20-23-19-25(39(42)43)13-14-26(23)37-17-15-36(2)16-18-37/h4-14,19-20,30H,3,15-18H2,1-2H3/t30-/m0/s1. The number of esters is 1. The Balaban J connectivity index is 1.60. The summed E-state index contributed by atoms with van der Waals surface area (Å²) in [6.45, 7) is 4.91. The average Bonchev–Trinajstić information content (AvgIpc) is 3.35. The lowest BCUT2D eigenvalue weighted by Gasteiger charge is -2.34.